The smallest absolute Gasteiger partial charge is 0.326 e. The molecule has 172 valence electrons. The molecule has 1 unspecified atom stereocenters. The number of carboxylic acid groups (broad SMARTS) is 1. The van der Waals surface area contributed by atoms with E-state index in [0.29, 0.717) is 25.6 Å². The molecule has 1 aromatic heterocycles. The van der Waals surface area contributed by atoms with Gasteiger partial charge in [0.15, 0.2) is 0 Å². The normalized spacial score (nSPS) is 20.7. The van der Waals surface area contributed by atoms with Gasteiger partial charge in [-0.3, -0.25) is 0 Å². The van der Waals surface area contributed by atoms with E-state index in [9.17, 15) is 14.7 Å². The molecule has 0 saturated heterocycles. The van der Waals surface area contributed by atoms with Crippen LogP contribution in [0.1, 0.15) is 57.2 Å². The first kappa shape index (κ1) is 23.3. The van der Waals surface area contributed by atoms with Gasteiger partial charge in [0, 0.05) is 38.4 Å². The summed E-state index contributed by atoms with van der Waals surface area (Å²) in [6, 6.07) is 3.09. The van der Waals surface area contributed by atoms with E-state index in [1.807, 2.05) is 13.8 Å². The third kappa shape index (κ3) is 6.56. The van der Waals surface area contributed by atoms with Gasteiger partial charge in [-0.15, -0.1) is 0 Å². The van der Waals surface area contributed by atoms with Crippen molar-refractivity contribution in [3.63, 3.8) is 0 Å². The molecule has 1 saturated carbocycles. The van der Waals surface area contributed by atoms with Crippen LogP contribution in [0, 0.1) is 5.92 Å². The lowest BCUT2D eigenvalue weighted by molar-refractivity contribution is -0.140. The fraction of sp³-hybridized carbons (Fsp3) is 0.696. The number of anilines is 1. The number of pyridine rings is 1. The maximum Gasteiger partial charge on any atom is 0.326 e. The van der Waals surface area contributed by atoms with Gasteiger partial charge in [0.1, 0.15) is 11.9 Å². The molecule has 3 N–H and O–H groups in total. The number of amides is 2. The number of carboxylic acids is 1. The van der Waals surface area contributed by atoms with Crippen molar-refractivity contribution < 1.29 is 19.4 Å². The predicted octanol–water partition coefficient (Wildman–Crippen LogP) is 3.06. The maximum atomic E-state index is 12.1. The lowest BCUT2D eigenvalue weighted by atomic mass is 9.79. The zero-order chi connectivity index (χ0) is 22.2. The zero-order valence-corrected chi connectivity index (χ0v) is 18.7. The van der Waals surface area contributed by atoms with Crippen molar-refractivity contribution in [3.05, 3.63) is 23.4 Å². The molecular weight excluding hydrogens is 396 g/mol. The number of nitrogens with one attached hydrogen (secondary N) is 2. The molecule has 31 heavy (non-hydrogen) atoms. The number of aromatic nitrogens is 1. The highest BCUT2D eigenvalue weighted by molar-refractivity contribution is 5.82. The van der Waals surface area contributed by atoms with Crippen LogP contribution >= 0.6 is 0 Å². The molecular formula is C23H36N4O4. The summed E-state index contributed by atoms with van der Waals surface area (Å²) in [5.41, 5.74) is 2.46. The Hall–Kier alpha value is -2.35. The molecule has 2 amide bonds. The third-order valence-electron chi connectivity index (χ3n) is 6.36. The summed E-state index contributed by atoms with van der Waals surface area (Å²) in [6.45, 7) is 6.18. The number of aryl methyl sites for hydroxylation is 2. The van der Waals surface area contributed by atoms with Gasteiger partial charge < -0.3 is 25.4 Å². The summed E-state index contributed by atoms with van der Waals surface area (Å²) in [5, 5.41) is 15.4. The van der Waals surface area contributed by atoms with E-state index < -0.39 is 12.0 Å². The van der Waals surface area contributed by atoms with E-state index >= 15 is 0 Å². The van der Waals surface area contributed by atoms with Crippen LogP contribution in [0.25, 0.3) is 0 Å². The van der Waals surface area contributed by atoms with Crippen molar-refractivity contribution >= 4 is 17.8 Å². The second-order valence-corrected chi connectivity index (χ2v) is 8.51. The quantitative estimate of drug-likeness (QED) is 0.497. The van der Waals surface area contributed by atoms with E-state index in [1.165, 1.54) is 12.0 Å². The van der Waals surface area contributed by atoms with Gasteiger partial charge >= 0.3 is 12.0 Å². The minimum absolute atomic E-state index is 0.191. The van der Waals surface area contributed by atoms with E-state index in [2.05, 4.69) is 22.8 Å². The Morgan fingerprint density at radius 1 is 1.32 bits per heavy atom. The molecule has 1 fully saturated rings. The summed E-state index contributed by atoms with van der Waals surface area (Å²) in [5.74, 6) is 0.663. The molecule has 1 atom stereocenters. The second-order valence-electron chi connectivity index (χ2n) is 8.51. The van der Waals surface area contributed by atoms with Crippen molar-refractivity contribution in [1.82, 2.24) is 15.2 Å². The van der Waals surface area contributed by atoms with Gasteiger partial charge in [0.25, 0.3) is 0 Å². The van der Waals surface area contributed by atoms with E-state index in [4.69, 9.17) is 9.72 Å². The lowest BCUT2D eigenvalue weighted by Crippen LogP contribution is -2.48. The largest absolute Gasteiger partial charge is 0.480 e. The number of hydrogen-bond acceptors (Lipinski definition) is 5. The maximum absolute atomic E-state index is 12.1. The monoisotopic (exact) mass is 432 g/mol. The number of ether oxygens (including phenoxy) is 1. The molecule has 2 heterocycles. The zero-order valence-electron chi connectivity index (χ0n) is 18.7. The second kappa shape index (κ2) is 11.3. The molecule has 1 aliphatic carbocycles. The lowest BCUT2D eigenvalue weighted by Gasteiger charge is -2.35. The van der Waals surface area contributed by atoms with Crippen LogP contribution in [0.3, 0.4) is 0 Å². The van der Waals surface area contributed by atoms with Gasteiger partial charge in [-0.05, 0) is 69.9 Å². The summed E-state index contributed by atoms with van der Waals surface area (Å²) in [7, 11) is 0. The van der Waals surface area contributed by atoms with Crippen LogP contribution < -0.4 is 10.6 Å². The number of nitrogens with zero attached hydrogens (tertiary/aromatic N) is 2. The van der Waals surface area contributed by atoms with E-state index in [-0.39, 0.29) is 18.6 Å². The molecule has 8 nitrogen and oxygen atoms in total. The van der Waals surface area contributed by atoms with E-state index in [0.717, 1.165) is 50.2 Å². The summed E-state index contributed by atoms with van der Waals surface area (Å²) >= 11 is 0. The van der Waals surface area contributed by atoms with Crippen molar-refractivity contribution in [1.29, 1.82) is 0 Å². The first-order chi connectivity index (χ1) is 15.0. The van der Waals surface area contributed by atoms with Gasteiger partial charge in [-0.2, -0.15) is 0 Å². The molecule has 1 aliphatic heterocycles. The minimum atomic E-state index is -1.03. The summed E-state index contributed by atoms with van der Waals surface area (Å²) < 4.78 is 5.86. The van der Waals surface area contributed by atoms with Crippen LogP contribution in [0.4, 0.5) is 10.6 Å². The van der Waals surface area contributed by atoms with Crippen LogP contribution in [0.15, 0.2) is 12.1 Å². The van der Waals surface area contributed by atoms with Crippen molar-refractivity contribution in [2.45, 2.75) is 70.9 Å². The first-order valence-corrected chi connectivity index (χ1v) is 11.6. The number of carbonyl (C=O) groups excluding carboxylic acids is 1. The Kier molecular flexibility index (Phi) is 8.51. The SMILES string of the molecule is CCN(CC)C(=O)NC(CCO[C@H]1C[C@H](CCc2ccc3c(n2)NCCC3)C1)C(=O)O. The standard InChI is InChI=1S/C23H36N4O4/c1-3-27(4-2)23(30)26-20(22(28)29)11-13-31-19-14-16(15-19)7-9-18-10-8-17-6-5-12-24-21(17)25-18/h8,10,16,19-20H,3-7,9,11-15H2,1-2H3,(H,24,25)(H,26,30)(H,28,29)/t16-,19-,20?. The Bertz CT molecular complexity index is 747. The number of hydrogen-bond donors (Lipinski definition) is 3. The molecule has 8 heteroatoms. The summed E-state index contributed by atoms with van der Waals surface area (Å²) in [6.07, 6.45) is 6.84. The van der Waals surface area contributed by atoms with Gasteiger partial charge in [0.2, 0.25) is 0 Å². The summed E-state index contributed by atoms with van der Waals surface area (Å²) in [4.78, 5) is 29.9. The Morgan fingerprint density at radius 2 is 2.10 bits per heavy atom. The molecule has 3 rings (SSSR count). The van der Waals surface area contributed by atoms with Crippen LogP contribution in [-0.4, -0.2) is 65.4 Å². The van der Waals surface area contributed by atoms with Gasteiger partial charge in [-0.25, -0.2) is 14.6 Å². The highest BCUT2D eigenvalue weighted by Crippen LogP contribution is 2.34. The van der Waals surface area contributed by atoms with E-state index in [1.54, 1.807) is 4.90 Å². The number of urea groups is 1. The number of aliphatic carboxylic acids is 1. The van der Waals surface area contributed by atoms with Crippen molar-refractivity contribution in [2.24, 2.45) is 5.92 Å². The highest BCUT2D eigenvalue weighted by Gasteiger charge is 2.30. The fourth-order valence-corrected chi connectivity index (χ4v) is 4.27. The fourth-order valence-electron chi connectivity index (χ4n) is 4.27. The van der Waals surface area contributed by atoms with Gasteiger partial charge in [0.05, 0.1) is 6.10 Å². The topological polar surface area (TPSA) is 104 Å². The Balaban J connectivity index is 1.32. The van der Waals surface area contributed by atoms with Crippen molar-refractivity contribution in [3.8, 4) is 0 Å². The predicted molar refractivity (Wildman–Crippen MR) is 119 cm³/mol. The highest BCUT2D eigenvalue weighted by atomic mass is 16.5. The Morgan fingerprint density at radius 3 is 2.81 bits per heavy atom. The number of carbonyl (C=O) groups is 2. The molecule has 0 spiro atoms. The van der Waals surface area contributed by atoms with Crippen LogP contribution in [-0.2, 0) is 22.4 Å². The number of rotatable bonds is 11. The molecule has 0 bridgehead atoms. The third-order valence-corrected chi connectivity index (χ3v) is 6.36. The average Bonchev–Trinajstić information content (AvgIpc) is 2.74. The van der Waals surface area contributed by atoms with Crippen LogP contribution in [0.2, 0.25) is 0 Å². The van der Waals surface area contributed by atoms with Crippen molar-refractivity contribution in [2.75, 3.05) is 31.6 Å². The minimum Gasteiger partial charge on any atom is -0.480 e. The van der Waals surface area contributed by atoms with Gasteiger partial charge in [-0.1, -0.05) is 6.07 Å². The molecule has 2 aliphatic rings. The first-order valence-electron chi connectivity index (χ1n) is 11.6. The Labute approximate surface area is 184 Å². The molecule has 0 aromatic carbocycles. The molecule has 0 radical (unpaired) electrons. The van der Waals surface area contributed by atoms with Crippen LogP contribution in [0.5, 0.6) is 0 Å². The number of fused-ring (bicyclic) bond motifs is 1. The molecule has 1 aromatic rings. The average molecular weight is 433 g/mol.